The van der Waals surface area contributed by atoms with Gasteiger partial charge in [0.25, 0.3) is 0 Å². The summed E-state index contributed by atoms with van der Waals surface area (Å²) in [7, 11) is 0. The third-order valence-corrected chi connectivity index (χ3v) is 2.98. The zero-order valence-electron chi connectivity index (χ0n) is 10.5. The monoisotopic (exact) mass is 228 g/mol. The van der Waals surface area contributed by atoms with Crippen molar-refractivity contribution >= 4 is 5.97 Å². The zero-order valence-corrected chi connectivity index (χ0v) is 10.5. The predicted octanol–water partition coefficient (Wildman–Crippen LogP) is 0.871. The third-order valence-electron chi connectivity index (χ3n) is 2.98. The fourth-order valence-corrected chi connectivity index (χ4v) is 2.13. The molecular weight excluding hydrogens is 204 g/mol. The maximum absolute atomic E-state index is 11.6. The Bertz CT molecular complexity index is 209. The van der Waals surface area contributed by atoms with Gasteiger partial charge in [0.1, 0.15) is 0 Å². The average molecular weight is 228 g/mol. The summed E-state index contributed by atoms with van der Waals surface area (Å²) >= 11 is 0. The van der Waals surface area contributed by atoms with E-state index in [9.17, 15) is 4.79 Å². The first-order valence-electron chi connectivity index (χ1n) is 6.37. The van der Waals surface area contributed by atoms with Gasteiger partial charge in [0.05, 0.1) is 12.5 Å². The van der Waals surface area contributed by atoms with Crippen molar-refractivity contribution in [3.05, 3.63) is 0 Å². The maximum Gasteiger partial charge on any atom is 0.310 e. The smallest absolute Gasteiger partial charge is 0.310 e. The second kappa shape index (κ2) is 7.63. The Labute approximate surface area is 98.3 Å². The van der Waals surface area contributed by atoms with E-state index in [1.807, 2.05) is 6.92 Å². The first-order valence-corrected chi connectivity index (χ1v) is 6.37. The van der Waals surface area contributed by atoms with Crippen LogP contribution < -0.4 is 5.32 Å². The van der Waals surface area contributed by atoms with Crippen LogP contribution in [0, 0.1) is 5.92 Å². The molecule has 0 bridgehead atoms. The van der Waals surface area contributed by atoms with Crippen LogP contribution in [0.1, 0.15) is 26.7 Å². The van der Waals surface area contributed by atoms with Crippen molar-refractivity contribution in [1.82, 2.24) is 10.2 Å². The Morgan fingerprint density at radius 1 is 1.50 bits per heavy atom. The standard InChI is InChI=1S/C12H24N2O2/c1-3-13-7-9-14-8-5-6-11(10-14)12(15)16-4-2/h11,13H,3-10H2,1-2H3. The van der Waals surface area contributed by atoms with Crippen molar-refractivity contribution in [2.24, 2.45) is 5.92 Å². The van der Waals surface area contributed by atoms with Crippen LogP contribution >= 0.6 is 0 Å². The van der Waals surface area contributed by atoms with E-state index in [1.54, 1.807) is 0 Å². The first kappa shape index (κ1) is 13.5. The Hall–Kier alpha value is -0.610. The molecular formula is C12H24N2O2. The molecule has 4 nitrogen and oxygen atoms in total. The fraction of sp³-hybridized carbons (Fsp3) is 0.917. The minimum Gasteiger partial charge on any atom is -0.466 e. The van der Waals surface area contributed by atoms with Crippen molar-refractivity contribution < 1.29 is 9.53 Å². The number of likely N-dealkylation sites (N-methyl/N-ethyl adjacent to an activating group) is 1. The summed E-state index contributed by atoms with van der Waals surface area (Å²) in [6, 6.07) is 0. The van der Waals surface area contributed by atoms with Gasteiger partial charge in [-0.2, -0.15) is 0 Å². The fourth-order valence-electron chi connectivity index (χ4n) is 2.13. The number of nitrogens with zero attached hydrogens (tertiary/aromatic N) is 1. The third kappa shape index (κ3) is 4.49. The van der Waals surface area contributed by atoms with E-state index >= 15 is 0 Å². The van der Waals surface area contributed by atoms with Gasteiger partial charge in [-0.15, -0.1) is 0 Å². The molecule has 1 unspecified atom stereocenters. The van der Waals surface area contributed by atoms with Crippen molar-refractivity contribution in [1.29, 1.82) is 0 Å². The van der Waals surface area contributed by atoms with Gasteiger partial charge < -0.3 is 15.0 Å². The Balaban J connectivity index is 2.26. The zero-order chi connectivity index (χ0) is 11.8. The maximum atomic E-state index is 11.6. The molecule has 1 aliphatic heterocycles. The van der Waals surface area contributed by atoms with Crippen LogP contribution in [0.4, 0.5) is 0 Å². The molecule has 0 saturated carbocycles. The van der Waals surface area contributed by atoms with Crippen molar-refractivity contribution in [3.63, 3.8) is 0 Å². The molecule has 16 heavy (non-hydrogen) atoms. The summed E-state index contributed by atoms with van der Waals surface area (Å²) in [6.45, 7) is 9.49. The molecule has 0 aromatic rings. The molecule has 0 radical (unpaired) electrons. The van der Waals surface area contributed by atoms with E-state index in [0.29, 0.717) is 6.61 Å². The molecule has 1 atom stereocenters. The second-order valence-electron chi connectivity index (χ2n) is 4.25. The van der Waals surface area contributed by atoms with Crippen LogP contribution in [0.25, 0.3) is 0 Å². The lowest BCUT2D eigenvalue weighted by Gasteiger charge is -2.31. The van der Waals surface area contributed by atoms with Crippen LogP contribution in [0.2, 0.25) is 0 Å². The summed E-state index contributed by atoms with van der Waals surface area (Å²) in [4.78, 5) is 14.0. The summed E-state index contributed by atoms with van der Waals surface area (Å²) in [6.07, 6.45) is 2.09. The van der Waals surface area contributed by atoms with Crippen LogP contribution in [0.15, 0.2) is 0 Å². The molecule has 0 aromatic heterocycles. The predicted molar refractivity (Wildman–Crippen MR) is 64.3 cm³/mol. The molecule has 1 rings (SSSR count). The normalized spacial score (nSPS) is 22.0. The molecule has 0 aliphatic carbocycles. The molecule has 0 spiro atoms. The van der Waals surface area contributed by atoms with Gasteiger partial charge in [0, 0.05) is 19.6 Å². The van der Waals surface area contributed by atoms with Crippen molar-refractivity contribution in [3.8, 4) is 0 Å². The summed E-state index contributed by atoms with van der Waals surface area (Å²) in [5.74, 6) is 0.0750. The number of likely N-dealkylation sites (tertiary alicyclic amines) is 1. The summed E-state index contributed by atoms with van der Waals surface area (Å²) < 4.78 is 5.07. The summed E-state index contributed by atoms with van der Waals surface area (Å²) in [5, 5.41) is 3.31. The lowest BCUT2D eigenvalue weighted by molar-refractivity contribution is -0.149. The molecule has 1 fully saturated rings. The van der Waals surface area contributed by atoms with Crippen molar-refractivity contribution in [2.45, 2.75) is 26.7 Å². The molecule has 94 valence electrons. The van der Waals surface area contributed by atoms with Crippen LogP contribution in [-0.2, 0) is 9.53 Å². The number of carbonyl (C=O) groups excluding carboxylic acids is 1. The molecule has 4 heteroatoms. The minimum absolute atomic E-state index is 0.0179. The topological polar surface area (TPSA) is 41.6 Å². The van der Waals surface area contributed by atoms with E-state index in [4.69, 9.17) is 4.74 Å². The number of esters is 1. The Kier molecular flexibility index (Phi) is 6.42. The number of ether oxygens (including phenoxy) is 1. The second-order valence-corrected chi connectivity index (χ2v) is 4.25. The van der Waals surface area contributed by atoms with E-state index in [2.05, 4.69) is 17.1 Å². The van der Waals surface area contributed by atoms with Crippen LogP contribution in [-0.4, -0.2) is 50.2 Å². The first-order chi connectivity index (χ1) is 7.77. The summed E-state index contributed by atoms with van der Waals surface area (Å²) in [5.41, 5.74) is 0. The van der Waals surface area contributed by atoms with Gasteiger partial charge in [0.15, 0.2) is 0 Å². The highest BCUT2D eigenvalue weighted by atomic mass is 16.5. The molecule has 1 N–H and O–H groups in total. The highest BCUT2D eigenvalue weighted by Crippen LogP contribution is 2.17. The highest BCUT2D eigenvalue weighted by molar-refractivity contribution is 5.72. The largest absolute Gasteiger partial charge is 0.466 e. The number of hydrogen-bond acceptors (Lipinski definition) is 4. The average Bonchev–Trinajstić information content (AvgIpc) is 2.30. The number of rotatable bonds is 6. The van der Waals surface area contributed by atoms with Gasteiger partial charge in [-0.25, -0.2) is 0 Å². The van der Waals surface area contributed by atoms with E-state index < -0.39 is 0 Å². The molecule has 1 heterocycles. The SMILES string of the molecule is CCNCCN1CCCC(C(=O)OCC)C1. The molecule has 0 aromatic carbocycles. The Morgan fingerprint density at radius 3 is 3.00 bits per heavy atom. The van der Waals surface area contributed by atoms with E-state index in [1.165, 1.54) is 0 Å². The molecule has 1 aliphatic rings. The van der Waals surface area contributed by atoms with Gasteiger partial charge in [-0.3, -0.25) is 4.79 Å². The quantitative estimate of drug-likeness (QED) is 0.541. The number of carbonyl (C=O) groups is 1. The Morgan fingerprint density at radius 2 is 2.31 bits per heavy atom. The van der Waals surface area contributed by atoms with E-state index in [-0.39, 0.29) is 11.9 Å². The molecule has 0 amide bonds. The number of hydrogen-bond donors (Lipinski definition) is 1. The van der Waals surface area contributed by atoms with Crippen molar-refractivity contribution in [2.75, 3.05) is 39.3 Å². The van der Waals surface area contributed by atoms with Crippen LogP contribution in [0.3, 0.4) is 0 Å². The lowest BCUT2D eigenvalue weighted by Crippen LogP contribution is -2.42. The van der Waals surface area contributed by atoms with E-state index in [0.717, 1.165) is 45.6 Å². The highest BCUT2D eigenvalue weighted by Gasteiger charge is 2.26. The number of nitrogens with one attached hydrogen (secondary N) is 1. The van der Waals surface area contributed by atoms with Gasteiger partial charge in [-0.1, -0.05) is 6.92 Å². The van der Waals surface area contributed by atoms with Crippen LogP contribution in [0.5, 0.6) is 0 Å². The number of piperidine rings is 1. The van der Waals surface area contributed by atoms with Gasteiger partial charge >= 0.3 is 5.97 Å². The van der Waals surface area contributed by atoms with Gasteiger partial charge in [0.2, 0.25) is 0 Å². The lowest BCUT2D eigenvalue weighted by atomic mass is 9.98. The van der Waals surface area contributed by atoms with Gasteiger partial charge in [-0.05, 0) is 32.9 Å². The minimum atomic E-state index is -0.0179. The molecule has 1 saturated heterocycles.